The number of thiazole rings is 1. The van der Waals surface area contributed by atoms with Crippen LogP contribution in [0.2, 0.25) is 5.15 Å². The van der Waals surface area contributed by atoms with Crippen LogP contribution in [0.25, 0.3) is 4.96 Å². The Morgan fingerprint density at radius 2 is 2.27 bits per heavy atom. The summed E-state index contributed by atoms with van der Waals surface area (Å²) in [4.78, 5) is 7.57. The highest BCUT2D eigenvalue weighted by atomic mass is 35.5. The second-order valence-electron chi connectivity index (χ2n) is 6.17. The molecule has 1 saturated heterocycles. The topological polar surface area (TPSA) is 52.8 Å². The summed E-state index contributed by atoms with van der Waals surface area (Å²) in [6.07, 6.45) is 4.10. The molecular formula is C15H23ClN4OS. The van der Waals surface area contributed by atoms with Gasteiger partial charge in [-0.05, 0) is 31.8 Å². The van der Waals surface area contributed by atoms with Crippen LogP contribution in [0.15, 0.2) is 11.6 Å². The summed E-state index contributed by atoms with van der Waals surface area (Å²) in [6, 6.07) is 0. The van der Waals surface area contributed by atoms with Crippen molar-refractivity contribution in [1.82, 2.24) is 19.6 Å². The normalized spacial score (nSPS) is 19.0. The van der Waals surface area contributed by atoms with Crippen LogP contribution in [0.4, 0.5) is 0 Å². The van der Waals surface area contributed by atoms with Gasteiger partial charge in [0.25, 0.3) is 0 Å². The van der Waals surface area contributed by atoms with Gasteiger partial charge < -0.3 is 15.3 Å². The summed E-state index contributed by atoms with van der Waals surface area (Å²) in [5.74, 6) is 0.823. The number of halogens is 1. The van der Waals surface area contributed by atoms with Crippen LogP contribution in [-0.4, -0.2) is 51.7 Å². The van der Waals surface area contributed by atoms with E-state index in [1.54, 1.807) is 11.3 Å². The molecule has 1 atom stereocenters. The summed E-state index contributed by atoms with van der Waals surface area (Å²) < 4.78 is 2.00. The maximum atomic E-state index is 10.2. The number of imidazole rings is 1. The van der Waals surface area contributed by atoms with Gasteiger partial charge in [0, 0.05) is 31.2 Å². The maximum Gasteiger partial charge on any atom is 0.195 e. The second-order valence-corrected chi connectivity index (χ2v) is 7.40. The lowest BCUT2D eigenvalue weighted by atomic mass is 9.99. The van der Waals surface area contributed by atoms with Crippen molar-refractivity contribution in [3.05, 3.63) is 22.4 Å². The molecule has 122 valence electrons. The Morgan fingerprint density at radius 1 is 1.50 bits per heavy atom. The van der Waals surface area contributed by atoms with E-state index >= 15 is 0 Å². The van der Waals surface area contributed by atoms with Gasteiger partial charge in [-0.1, -0.05) is 18.5 Å². The molecule has 0 spiro atoms. The van der Waals surface area contributed by atoms with E-state index in [2.05, 4.69) is 22.1 Å². The molecule has 0 aromatic carbocycles. The molecule has 2 aromatic rings. The summed E-state index contributed by atoms with van der Waals surface area (Å²) >= 11 is 7.73. The van der Waals surface area contributed by atoms with Crippen molar-refractivity contribution in [3.63, 3.8) is 0 Å². The standard InChI is InChI=1S/C15H23ClN4OS/c1-11-2-4-19(5-3-11)10-12(21)8-17-9-13-14(16)18-15-20(13)6-7-22-15/h6-7,11-12,17,21H,2-5,8-10H2,1H3. The number of piperidine rings is 1. The number of hydrogen-bond acceptors (Lipinski definition) is 5. The minimum absolute atomic E-state index is 0.349. The minimum Gasteiger partial charge on any atom is -0.390 e. The highest BCUT2D eigenvalue weighted by Gasteiger charge is 2.18. The monoisotopic (exact) mass is 342 g/mol. The molecule has 1 fully saturated rings. The third-order valence-electron chi connectivity index (χ3n) is 4.33. The largest absolute Gasteiger partial charge is 0.390 e. The molecule has 3 rings (SSSR count). The number of hydrogen-bond donors (Lipinski definition) is 2. The molecule has 0 bridgehead atoms. The first-order valence-corrected chi connectivity index (χ1v) is 9.10. The number of β-amino-alcohol motifs (C(OH)–C–C–N with tert-alkyl or cyclic N) is 1. The first kappa shape index (κ1) is 16.2. The van der Waals surface area contributed by atoms with Crippen LogP contribution in [0.5, 0.6) is 0 Å². The molecule has 1 aliphatic heterocycles. The molecule has 0 amide bonds. The van der Waals surface area contributed by atoms with Crippen LogP contribution >= 0.6 is 22.9 Å². The van der Waals surface area contributed by atoms with Gasteiger partial charge in [-0.15, -0.1) is 11.3 Å². The number of aliphatic hydroxyl groups excluding tert-OH is 1. The fourth-order valence-electron chi connectivity index (χ4n) is 2.93. The summed E-state index contributed by atoms with van der Waals surface area (Å²) in [5, 5.41) is 16.0. The maximum absolute atomic E-state index is 10.2. The minimum atomic E-state index is -0.349. The van der Waals surface area contributed by atoms with Crippen molar-refractivity contribution >= 4 is 27.9 Å². The zero-order chi connectivity index (χ0) is 15.5. The van der Waals surface area contributed by atoms with Crippen molar-refractivity contribution in [3.8, 4) is 0 Å². The Kier molecular flexibility index (Phi) is 5.36. The van der Waals surface area contributed by atoms with Gasteiger partial charge in [0.1, 0.15) is 0 Å². The summed E-state index contributed by atoms with van der Waals surface area (Å²) in [6.45, 7) is 6.43. The molecule has 0 saturated carbocycles. The highest BCUT2D eigenvalue weighted by molar-refractivity contribution is 7.15. The molecule has 0 radical (unpaired) electrons. The number of likely N-dealkylation sites (tertiary alicyclic amines) is 1. The summed E-state index contributed by atoms with van der Waals surface area (Å²) in [7, 11) is 0. The number of rotatable bonds is 6. The highest BCUT2D eigenvalue weighted by Crippen LogP contribution is 2.21. The Morgan fingerprint density at radius 3 is 3.05 bits per heavy atom. The van der Waals surface area contributed by atoms with Gasteiger partial charge in [-0.2, -0.15) is 0 Å². The van der Waals surface area contributed by atoms with E-state index < -0.39 is 0 Å². The lowest BCUT2D eigenvalue weighted by Gasteiger charge is -2.31. The fourth-order valence-corrected chi connectivity index (χ4v) is 3.95. The molecule has 1 aliphatic rings. The summed E-state index contributed by atoms with van der Waals surface area (Å²) in [5.41, 5.74) is 0.955. The number of nitrogens with one attached hydrogen (secondary N) is 1. The zero-order valence-corrected chi connectivity index (χ0v) is 14.4. The predicted molar refractivity (Wildman–Crippen MR) is 90.6 cm³/mol. The predicted octanol–water partition coefficient (Wildman–Crippen LogP) is 2.23. The van der Waals surface area contributed by atoms with E-state index in [4.69, 9.17) is 11.6 Å². The van der Waals surface area contributed by atoms with Crippen molar-refractivity contribution in [2.45, 2.75) is 32.4 Å². The zero-order valence-electron chi connectivity index (χ0n) is 12.8. The first-order chi connectivity index (χ1) is 10.6. The van der Waals surface area contributed by atoms with Crippen LogP contribution in [0.3, 0.4) is 0 Å². The van der Waals surface area contributed by atoms with Gasteiger partial charge in [-0.25, -0.2) is 4.98 Å². The van der Waals surface area contributed by atoms with Gasteiger partial charge in [0.2, 0.25) is 0 Å². The number of aromatic nitrogens is 2. The molecule has 3 heterocycles. The van der Waals surface area contributed by atoms with E-state index in [0.29, 0.717) is 18.2 Å². The number of nitrogens with zero attached hydrogens (tertiary/aromatic N) is 3. The Labute approximate surface area is 139 Å². The van der Waals surface area contributed by atoms with Crippen molar-refractivity contribution in [2.75, 3.05) is 26.2 Å². The molecule has 0 aliphatic carbocycles. The van der Waals surface area contributed by atoms with Crippen molar-refractivity contribution in [1.29, 1.82) is 0 Å². The van der Waals surface area contributed by atoms with E-state index in [9.17, 15) is 5.11 Å². The number of fused-ring (bicyclic) bond motifs is 1. The van der Waals surface area contributed by atoms with Crippen molar-refractivity contribution < 1.29 is 5.11 Å². The van der Waals surface area contributed by atoms with Crippen LogP contribution in [-0.2, 0) is 6.54 Å². The number of aliphatic hydroxyl groups is 1. The third kappa shape index (κ3) is 3.81. The average molecular weight is 343 g/mol. The first-order valence-electron chi connectivity index (χ1n) is 7.84. The molecule has 5 nitrogen and oxygen atoms in total. The van der Waals surface area contributed by atoms with Crippen LogP contribution in [0.1, 0.15) is 25.5 Å². The van der Waals surface area contributed by atoms with Crippen molar-refractivity contribution in [2.24, 2.45) is 5.92 Å². The van der Waals surface area contributed by atoms with Gasteiger partial charge >= 0.3 is 0 Å². The lowest BCUT2D eigenvalue weighted by molar-refractivity contribution is 0.0906. The quantitative estimate of drug-likeness (QED) is 0.845. The van der Waals surface area contributed by atoms with E-state index in [-0.39, 0.29) is 6.10 Å². The average Bonchev–Trinajstić information content (AvgIpc) is 3.04. The van der Waals surface area contributed by atoms with Gasteiger partial charge in [-0.3, -0.25) is 4.40 Å². The smallest absolute Gasteiger partial charge is 0.195 e. The SMILES string of the molecule is CC1CCN(CC(O)CNCc2c(Cl)nc3sccn23)CC1. The fraction of sp³-hybridized carbons (Fsp3) is 0.667. The lowest BCUT2D eigenvalue weighted by Crippen LogP contribution is -2.41. The van der Waals surface area contributed by atoms with E-state index in [1.165, 1.54) is 12.8 Å². The third-order valence-corrected chi connectivity index (χ3v) is 5.39. The van der Waals surface area contributed by atoms with Crippen LogP contribution < -0.4 is 5.32 Å². The Hall–Kier alpha value is -0.660. The molecule has 1 unspecified atom stereocenters. The molecule has 22 heavy (non-hydrogen) atoms. The molecule has 7 heteroatoms. The second kappa shape index (κ2) is 7.27. The Balaban J connectivity index is 1.44. The van der Waals surface area contributed by atoms with Gasteiger partial charge in [0.15, 0.2) is 10.1 Å². The van der Waals surface area contributed by atoms with Crippen LogP contribution in [0, 0.1) is 5.92 Å². The van der Waals surface area contributed by atoms with E-state index in [0.717, 1.165) is 36.2 Å². The molecule has 2 aromatic heterocycles. The molecule has 2 N–H and O–H groups in total. The van der Waals surface area contributed by atoms with E-state index in [1.807, 2.05) is 16.0 Å². The van der Waals surface area contributed by atoms with Gasteiger partial charge in [0.05, 0.1) is 11.8 Å². The molecular weight excluding hydrogens is 320 g/mol. The Bertz CT molecular complexity index is 606.